The van der Waals surface area contributed by atoms with Crippen LogP contribution in [0.15, 0.2) is 6.20 Å². The second-order valence-corrected chi connectivity index (χ2v) is 5.88. The molecule has 1 aromatic rings. The molecular formula is C14H21N3O2. The van der Waals surface area contributed by atoms with Crippen molar-refractivity contribution in [1.82, 2.24) is 9.97 Å². The third-order valence-electron chi connectivity index (χ3n) is 4.50. The molecule has 0 amide bonds. The largest absolute Gasteiger partial charge is 0.461 e. The molecule has 3 rings (SSSR count). The molecule has 1 heterocycles. The molecule has 3 N–H and O–H groups in total. The number of rotatable bonds is 5. The average molecular weight is 263 g/mol. The summed E-state index contributed by atoms with van der Waals surface area (Å²) in [5.41, 5.74) is 6.22. The summed E-state index contributed by atoms with van der Waals surface area (Å²) < 4.78 is 5.26. The second-order valence-electron chi connectivity index (χ2n) is 5.88. The lowest BCUT2D eigenvalue weighted by Crippen LogP contribution is -2.44. The third-order valence-corrected chi connectivity index (χ3v) is 4.50. The summed E-state index contributed by atoms with van der Waals surface area (Å²) in [6.07, 6.45) is 9.37. The molecule has 104 valence electrons. The van der Waals surface area contributed by atoms with Crippen molar-refractivity contribution in [2.24, 2.45) is 11.7 Å². The number of imidazole rings is 1. The second kappa shape index (κ2) is 4.96. The van der Waals surface area contributed by atoms with Crippen molar-refractivity contribution in [2.75, 3.05) is 6.61 Å². The molecule has 0 saturated heterocycles. The van der Waals surface area contributed by atoms with Gasteiger partial charge in [-0.05, 0) is 31.6 Å². The zero-order valence-corrected chi connectivity index (χ0v) is 11.2. The molecule has 2 aliphatic carbocycles. The predicted octanol–water partition coefficient (Wildman–Crippen LogP) is 2.09. The van der Waals surface area contributed by atoms with Crippen molar-refractivity contribution >= 4 is 5.97 Å². The van der Waals surface area contributed by atoms with E-state index in [2.05, 4.69) is 9.97 Å². The summed E-state index contributed by atoms with van der Waals surface area (Å²) in [6, 6.07) is 0. The van der Waals surface area contributed by atoms with Gasteiger partial charge in [-0.15, -0.1) is 0 Å². The number of nitrogens with one attached hydrogen (secondary N) is 1. The van der Waals surface area contributed by atoms with Gasteiger partial charge in [-0.3, -0.25) is 0 Å². The Bertz CT molecular complexity index is 461. The lowest BCUT2D eigenvalue weighted by atomic mass is 9.77. The molecule has 0 radical (unpaired) electrons. The van der Waals surface area contributed by atoms with E-state index in [0.717, 1.165) is 31.6 Å². The molecule has 2 saturated carbocycles. The fourth-order valence-corrected chi connectivity index (χ4v) is 2.65. The Kier molecular flexibility index (Phi) is 3.31. The standard InChI is InChI=1S/C14H21N3O2/c15-14(6-2-7-14)13-16-9-11(17-13)12(18)19-8-5-10-3-1-4-10/h9-10H,1-8,15H2,(H,16,17). The van der Waals surface area contributed by atoms with Gasteiger partial charge in [0.15, 0.2) is 0 Å². The highest BCUT2D eigenvalue weighted by molar-refractivity contribution is 5.87. The van der Waals surface area contributed by atoms with Crippen LogP contribution in [0.3, 0.4) is 0 Å². The monoisotopic (exact) mass is 263 g/mol. The zero-order valence-electron chi connectivity index (χ0n) is 11.2. The molecular weight excluding hydrogens is 242 g/mol. The van der Waals surface area contributed by atoms with Crippen LogP contribution in [0, 0.1) is 5.92 Å². The molecule has 19 heavy (non-hydrogen) atoms. The third kappa shape index (κ3) is 2.52. The minimum Gasteiger partial charge on any atom is -0.461 e. The lowest BCUT2D eigenvalue weighted by Gasteiger charge is -2.35. The molecule has 0 aromatic carbocycles. The van der Waals surface area contributed by atoms with Crippen molar-refractivity contribution in [3.63, 3.8) is 0 Å². The normalized spacial score (nSPS) is 21.5. The topological polar surface area (TPSA) is 81.0 Å². The van der Waals surface area contributed by atoms with E-state index in [1.54, 1.807) is 0 Å². The van der Waals surface area contributed by atoms with Crippen molar-refractivity contribution in [2.45, 2.75) is 50.5 Å². The first-order valence-electron chi connectivity index (χ1n) is 7.19. The van der Waals surface area contributed by atoms with E-state index in [4.69, 9.17) is 10.5 Å². The van der Waals surface area contributed by atoms with Crippen molar-refractivity contribution in [1.29, 1.82) is 0 Å². The van der Waals surface area contributed by atoms with Crippen LogP contribution >= 0.6 is 0 Å². The number of esters is 1. The number of aromatic amines is 1. The fourth-order valence-electron chi connectivity index (χ4n) is 2.65. The van der Waals surface area contributed by atoms with Crippen LogP contribution in [-0.2, 0) is 10.3 Å². The molecule has 0 atom stereocenters. The molecule has 5 nitrogen and oxygen atoms in total. The van der Waals surface area contributed by atoms with E-state index in [9.17, 15) is 4.79 Å². The highest BCUT2D eigenvalue weighted by Crippen LogP contribution is 2.36. The van der Waals surface area contributed by atoms with Crippen LogP contribution in [0.25, 0.3) is 0 Å². The van der Waals surface area contributed by atoms with E-state index in [1.807, 2.05) is 0 Å². The van der Waals surface area contributed by atoms with E-state index >= 15 is 0 Å². The molecule has 0 unspecified atom stereocenters. The van der Waals surface area contributed by atoms with Gasteiger partial charge in [0.25, 0.3) is 0 Å². The van der Waals surface area contributed by atoms with Crippen molar-refractivity contribution in [3.8, 4) is 0 Å². The molecule has 0 bridgehead atoms. The molecule has 0 aliphatic heterocycles. The summed E-state index contributed by atoms with van der Waals surface area (Å²) >= 11 is 0. The smallest absolute Gasteiger partial charge is 0.356 e. The van der Waals surface area contributed by atoms with Crippen molar-refractivity contribution < 1.29 is 9.53 Å². The van der Waals surface area contributed by atoms with Crippen LogP contribution in [0.4, 0.5) is 0 Å². The molecule has 5 heteroatoms. The highest BCUT2D eigenvalue weighted by Gasteiger charge is 2.37. The summed E-state index contributed by atoms with van der Waals surface area (Å²) in [4.78, 5) is 19.1. The van der Waals surface area contributed by atoms with Crippen molar-refractivity contribution in [3.05, 3.63) is 17.7 Å². The number of aromatic nitrogens is 2. The predicted molar refractivity (Wildman–Crippen MR) is 70.5 cm³/mol. The van der Waals surface area contributed by atoms with E-state index < -0.39 is 0 Å². The van der Waals surface area contributed by atoms with E-state index in [1.165, 1.54) is 25.5 Å². The van der Waals surface area contributed by atoms with Gasteiger partial charge in [-0.2, -0.15) is 0 Å². The van der Waals surface area contributed by atoms with Crippen LogP contribution < -0.4 is 5.73 Å². The Morgan fingerprint density at radius 1 is 1.47 bits per heavy atom. The van der Waals surface area contributed by atoms with Gasteiger partial charge in [0, 0.05) is 0 Å². The average Bonchev–Trinajstić information content (AvgIpc) is 2.78. The summed E-state index contributed by atoms with van der Waals surface area (Å²) in [5.74, 6) is 1.15. The Balaban J connectivity index is 1.51. The van der Waals surface area contributed by atoms with Gasteiger partial charge in [-0.1, -0.05) is 19.3 Å². The minimum atomic E-state index is -0.357. The minimum absolute atomic E-state index is 0.319. The number of ether oxygens (including phenoxy) is 1. The Morgan fingerprint density at radius 3 is 2.84 bits per heavy atom. The zero-order chi connectivity index (χ0) is 13.3. The number of hydrogen-bond donors (Lipinski definition) is 2. The van der Waals surface area contributed by atoms with Crippen LogP contribution in [0.5, 0.6) is 0 Å². The van der Waals surface area contributed by atoms with E-state index in [0.29, 0.717) is 18.1 Å². The number of carbonyl (C=O) groups excluding carboxylic acids is 1. The van der Waals surface area contributed by atoms with Gasteiger partial charge in [-0.25, -0.2) is 9.78 Å². The summed E-state index contributed by atoms with van der Waals surface area (Å²) in [6.45, 7) is 0.506. The quantitative estimate of drug-likeness (QED) is 0.797. The maximum atomic E-state index is 11.8. The first-order chi connectivity index (χ1) is 9.17. The van der Waals surface area contributed by atoms with Gasteiger partial charge >= 0.3 is 5.97 Å². The first-order valence-corrected chi connectivity index (χ1v) is 7.19. The van der Waals surface area contributed by atoms with E-state index in [-0.39, 0.29) is 11.5 Å². The van der Waals surface area contributed by atoms with Gasteiger partial charge < -0.3 is 15.5 Å². The summed E-state index contributed by atoms with van der Waals surface area (Å²) in [7, 11) is 0. The fraction of sp³-hybridized carbons (Fsp3) is 0.714. The number of H-pyrrole nitrogens is 1. The number of carbonyl (C=O) groups is 1. The Morgan fingerprint density at radius 2 is 2.26 bits per heavy atom. The maximum absolute atomic E-state index is 11.8. The SMILES string of the molecule is NC1(c2ncc(C(=O)OCCC3CCC3)[nH]2)CCC1. The Hall–Kier alpha value is -1.36. The molecule has 0 spiro atoms. The Labute approximate surface area is 112 Å². The highest BCUT2D eigenvalue weighted by atomic mass is 16.5. The van der Waals surface area contributed by atoms with Gasteiger partial charge in [0.05, 0.1) is 18.3 Å². The van der Waals surface area contributed by atoms with Crippen LogP contribution in [0.1, 0.15) is 61.3 Å². The van der Waals surface area contributed by atoms with Gasteiger partial charge in [0.1, 0.15) is 11.5 Å². The first kappa shape index (κ1) is 12.7. The maximum Gasteiger partial charge on any atom is 0.356 e. The molecule has 2 aliphatic rings. The molecule has 1 aromatic heterocycles. The number of nitrogens with zero attached hydrogens (tertiary/aromatic N) is 1. The molecule has 2 fully saturated rings. The van der Waals surface area contributed by atoms with Crippen LogP contribution in [0.2, 0.25) is 0 Å². The number of nitrogens with two attached hydrogens (primary N) is 1. The lowest BCUT2D eigenvalue weighted by molar-refractivity contribution is 0.0457. The van der Waals surface area contributed by atoms with Gasteiger partial charge in [0.2, 0.25) is 0 Å². The number of hydrogen-bond acceptors (Lipinski definition) is 4. The van der Waals surface area contributed by atoms with Crippen LogP contribution in [-0.4, -0.2) is 22.5 Å². The summed E-state index contributed by atoms with van der Waals surface area (Å²) in [5, 5.41) is 0.